The minimum atomic E-state index is -3.38. The Kier molecular flexibility index (Phi) is 6.91. The first-order valence-corrected chi connectivity index (χ1v) is 10.1. The maximum Gasteiger partial charge on any atom is 0.240 e. The SMILES string of the molecule is O=S(=O)(NCCNC1CCCCCC1)c1ccc(I)cc1. The van der Waals surface area contributed by atoms with E-state index in [0.29, 0.717) is 24.0 Å². The summed E-state index contributed by atoms with van der Waals surface area (Å²) in [6.07, 6.45) is 7.65. The molecule has 6 heteroatoms. The largest absolute Gasteiger partial charge is 0.313 e. The molecule has 0 atom stereocenters. The summed E-state index contributed by atoms with van der Waals surface area (Å²) in [5.74, 6) is 0. The Morgan fingerprint density at radius 3 is 2.24 bits per heavy atom. The van der Waals surface area contributed by atoms with E-state index < -0.39 is 10.0 Å². The monoisotopic (exact) mass is 422 g/mol. The molecule has 1 aliphatic carbocycles. The number of nitrogens with one attached hydrogen (secondary N) is 2. The summed E-state index contributed by atoms with van der Waals surface area (Å²) in [7, 11) is -3.38. The van der Waals surface area contributed by atoms with Crippen LogP contribution in [-0.4, -0.2) is 27.5 Å². The van der Waals surface area contributed by atoms with Gasteiger partial charge in [0.1, 0.15) is 0 Å². The predicted molar refractivity (Wildman–Crippen MR) is 93.8 cm³/mol. The molecule has 2 rings (SSSR count). The Bertz CT molecular complexity index is 523. The first-order valence-electron chi connectivity index (χ1n) is 7.56. The summed E-state index contributed by atoms with van der Waals surface area (Å²) in [5.41, 5.74) is 0. The van der Waals surface area contributed by atoms with Gasteiger partial charge < -0.3 is 5.32 Å². The van der Waals surface area contributed by atoms with E-state index in [1.807, 2.05) is 0 Å². The molecule has 0 bridgehead atoms. The van der Waals surface area contributed by atoms with Gasteiger partial charge in [-0.25, -0.2) is 13.1 Å². The predicted octanol–water partition coefficient (Wildman–Crippen LogP) is 2.88. The second-order valence-corrected chi connectivity index (χ2v) is 8.51. The van der Waals surface area contributed by atoms with Crippen LogP contribution in [0.4, 0.5) is 0 Å². The average Bonchev–Trinajstić information content (AvgIpc) is 2.73. The number of hydrogen-bond acceptors (Lipinski definition) is 3. The Hall–Kier alpha value is -0.180. The third kappa shape index (κ3) is 5.84. The van der Waals surface area contributed by atoms with Gasteiger partial charge >= 0.3 is 0 Å². The van der Waals surface area contributed by atoms with Gasteiger partial charge in [-0.1, -0.05) is 25.7 Å². The molecule has 2 N–H and O–H groups in total. The van der Waals surface area contributed by atoms with Crippen molar-refractivity contribution in [3.05, 3.63) is 27.8 Å². The van der Waals surface area contributed by atoms with Crippen molar-refractivity contribution in [1.29, 1.82) is 0 Å². The Labute approximate surface area is 141 Å². The molecule has 0 aromatic heterocycles. The smallest absolute Gasteiger partial charge is 0.240 e. The number of hydrogen-bond donors (Lipinski definition) is 2. The minimum absolute atomic E-state index is 0.331. The van der Waals surface area contributed by atoms with Crippen molar-refractivity contribution in [2.75, 3.05) is 13.1 Å². The summed E-state index contributed by atoms with van der Waals surface area (Å²) in [6, 6.07) is 7.44. The van der Waals surface area contributed by atoms with E-state index in [1.54, 1.807) is 24.3 Å². The van der Waals surface area contributed by atoms with Gasteiger partial charge in [0, 0.05) is 22.7 Å². The Morgan fingerprint density at radius 2 is 1.62 bits per heavy atom. The highest BCUT2D eigenvalue weighted by atomic mass is 127. The van der Waals surface area contributed by atoms with Gasteiger partial charge in [0.15, 0.2) is 0 Å². The van der Waals surface area contributed by atoms with Crippen LogP contribution in [0.3, 0.4) is 0 Å². The van der Waals surface area contributed by atoms with Crippen LogP contribution < -0.4 is 10.0 Å². The van der Waals surface area contributed by atoms with Gasteiger partial charge in [0.05, 0.1) is 4.90 Å². The molecule has 0 aliphatic heterocycles. The van der Waals surface area contributed by atoms with Crippen molar-refractivity contribution in [2.45, 2.75) is 49.5 Å². The lowest BCUT2D eigenvalue weighted by Gasteiger charge is -2.16. The molecule has 1 saturated carbocycles. The van der Waals surface area contributed by atoms with Gasteiger partial charge in [-0.05, 0) is 59.7 Å². The van der Waals surface area contributed by atoms with Crippen molar-refractivity contribution in [3.8, 4) is 0 Å². The Morgan fingerprint density at radius 1 is 1.00 bits per heavy atom. The van der Waals surface area contributed by atoms with Gasteiger partial charge in [-0.2, -0.15) is 0 Å². The minimum Gasteiger partial charge on any atom is -0.313 e. The zero-order chi connectivity index (χ0) is 15.1. The van der Waals surface area contributed by atoms with E-state index in [0.717, 1.165) is 3.57 Å². The fourth-order valence-corrected chi connectivity index (χ4v) is 4.03. The van der Waals surface area contributed by atoms with Crippen LogP contribution in [0.2, 0.25) is 0 Å². The number of halogens is 1. The van der Waals surface area contributed by atoms with E-state index >= 15 is 0 Å². The standard InChI is InChI=1S/C15H23IN2O2S/c16-13-7-9-15(10-8-13)21(19,20)18-12-11-17-14-5-3-1-2-4-6-14/h7-10,14,17-18H,1-6,11-12H2. The van der Waals surface area contributed by atoms with Crippen LogP contribution in [0, 0.1) is 3.57 Å². The molecular weight excluding hydrogens is 399 g/mol. The summed E-state index contributed by atoms with van der Waals surface area (Å²) < 4.78 is 27.9. The first kappa shape index (κ1) is 17.2. The third-order valence-electron chi connectivity index (χ3n) is 3.83. The highest BCUT2D eigenvalue weighted by Crippen LogP contribution is 2.17. The van der Waals surface area contributed by atoms with Crippen LogP contribution in [-0.2, 0) is 10.0 Å². The van der Waals surface area contributed by atoms with E-state index in [1.165, 1.54) is 38.5 Å². The molecule has 1 aromatic carbocycles. The summed E-state index contributed by atoms with van der Waals surface area (Å²) >= 11 is 2.16. The van der Waals surface area contributed by atoms with E-state index in [2.05, 4.69) is 32.6 Å². The highest BCUT2D eigenvalue weighted by molar-refractivity contribution is 14.1. The van der Waals surface area contributed by atoms with E-state index in [4.69, 9.17) is 0 Å². The second kappa shape index (κ2) is 8.45. The Balaban J connectivity index is 1.75. The van der Waals surface area contributed by atoms with E-state index in [-0.39, 0.29) is 0 Å². The molecule has 0 saturated heterocycles. The van der Waals surface area contributed by atoms with Crippen LogP contribution in [0.5, 0.6) is 0 Å². The van der Waals surface area contributed by atoms with Gasteiger partial charge in [0.2, 0.25) is 10.0 Å². The van der Waals surface area contributed by atoms with Crippen molar-refractivity contribution in [1.82, 2.24) is 10.0 Å². The van der Waals surface area contributed by atoms with Crippen molar-refractivity contribution in [2.24, 2.45) is 0 Å². The molecule has 1 aliphatic rings. The molecule has 0 heterocycles. The average molecular weight is 422 g/mol. The zero-order valence-electron chi connectivity index (χ0n) is 12.1. The molecule has 0 spiro atoms. The fraction of sp³-hybridized carbons (Fsp3) is 0.600. The van der Waals surface area contributed by atoms with E-state index in [9.17, 15) is 8.42 Å². The zero-order valence-corrected chi connectivity index (χ0v) is 15.1. The third-order valence-corrected chi connectivity index (χ3v) is 6.03. The summed E-state index contributed by atoms with van der Waals surface area (Å²) in [6.45, 7) is 1.12. The number of rotatable bonds is 6. The topological polar surface area (TPSA) is 58.2 Å². The molecule has 1 fully saturated rings. The molecule has 21 heavy (non-hydrogen) atoms. The van der Waals surface area contributed by atoms with Gasteiger partial charge in [-0.3, -0.25) is 0 Å². The first-order chi connectivity index (χ1) is 10.1. The lowest BCUT2D eigenvalue weighted by molar-refractivity contribution is 0.461. The summed E-state index contributed by atoms with van der Waals surface area (Å²) in [4.78, 5) is 0.331. The van der Waals surface area contributed by atoms with Crippen molar-refractivity contribution in [3.63, 3.8) is 0 Å². The lowest BCUT2D eigenvalue weighted by Crippen LogP contribution is -2.36. The fourth-order valence-electron chi connectivity index (χ4n) is 2.64. The molecule has 1 aromatic rings. The molecule has 0 unspecified atom stereocenters. The van der Waals surface area contributed by atoms with Gasteiger partial charge in [-0.15, -0.1) is 0 Å². The molecular formula is C15H23IN2O2S. The van der Waals surface area contributed by atoms with Crippen LogP contribution >= 0.6 is 22.6 Å². The normalized spacial score (nSPS) is 17.6. The maximum atomic E-state index is 12.1. The lowest BCUT2D eigenvalue weighted by atomic mass is 10.1. The quantitative estimate of drug-likeness (QED) is 0.421. The van der Waals surface area contributed by atoms with Gasteiger partial charge in [0.25, 0.3) is 0 Å². The van der Waals surface area contributed by atoms with Crippen LogP contribution in [0.15, 0.2) is 29.2 Å². The number of sulfonamides is 1. The van der Waals surface area contributed by atoms with Crippen LogP contribution in [0.25, 0.3) is 0 Å². The molecule has 0 radical (unpaired) electrons. The van der Waals surface area contributed by atoms with Crippen molar-refractivity contribution >= 4 is 32.6 Å². The highest BCUT2D eigenvalue weighted by Gasteiger charge is 2.14. The molecule has 0 amide bonds. The maximum absolute atomic E-state index is 12.1. The van der Waals surface area contributed by atoms with Crippen molar-refractivity contribution < 1.29 is 8.42 Å². The van der Waals surface area contributed by atoms with Crippen LogP contribution in [0.1, 0.15) is 38.5 Å². The summed E-state index contributed by atoms with van der Waals surface area (Å²) in [5, 5.41) is 3.47. The second-order valence-electron chi connectivity index (χ2n) is 5.49. The number of benzene rings is 1. The molecule has 4 nitrogen and oxygen atoms in total. The molecule has 118 valence electrons.